The Morgan fingerprint density at radius 3 is 2.32 bits per heavy atom. The van der Waals surface area contributed by atoms with E-state index in [0.29, 0.717) is 22.0 Å². The molecule has 152 valence electrons. The summed E-state index contributed by atoms with van der Waals surface area (Å²) >= 11 is 6.41. The highest BCUT2D eigenvalue weighted by molar-refractivity contribution is 6.34. The van der Waals surface area contributed by atoms with Crippen LogP contribution >= 0.6 is 11.6 Å². The molecule has 3 N–H and O–H groups in total. The number of amides is 1. The maximum atomic E-state index is 13.0. The second-order valence-corrected chi connectivity index (χ2v) is 10.5. The van der Waals surface area contributed by atoms with Crippen LogP contribution in [0.5, 0.6) is 0 Å². The molecule has 1 saturated heterocycles. The van der Waals surface area contributed by atoms with Crippen molar-refractivity contribution < 1.29 is 4.79 Å². The van der Waals surface area contributed by atoms with E-state index in [1.165, 1.54) is 38.5 Å². The first-order chi connectivity index (χ1) is 13.5. The molecule has 28 heavy (non-hydrogen) atoms. The number of carbonyl (C=O) groups is 1. The van der Waals surface area contributed by atoms with Crippen molar-refractivity contribution in [3.05, 3.63) is 28.8 Å². The Kier molecular flexibility index (Phi) is 4.83. The summed E-state index contributed by atoms with van der Waals surface area (Å²) in [5.41, 5.74) is 8.06. The van der Waals surface area contributed by atoms with Gasteiger partial charge in [-0.15, -0.1) is 0 Å². The van der Waals surface area contributed by atoms with Gasteiger partial charge in [0.15, 0.2) is 0 Å². The maximum Gasteiger partial charge on any atom is 0.252 e. The van der Waals surface area contributed by atoms with Gasteiger partial charge in [0.05, 0.1) is 10.6 Å². The van der Waals surface area contributed by atoms with Crippen LogP contribution in [0.4, 0.5) is 5.69 Å². The van der Waals surface area contributed by atoms with Crippen LogP contribution < -0.4 is 16.0 Å². The lowest BCUT2D eigenvalue weighted by atomic mass is 9.49. The second kappa shape index (κ2) is 7.21. The fourth-order valence-corrected chi connectivity index (χ4v) is 7.11. The summed E-state index contributed by atoms with van der Waals surface area (Å²) in [6.45, 7) is 2.70. The molecular weight excluding hydrogens is 370 g/mol. The SMILES string of the molecule is NC1CCN(c2ccc(Cl)c(C(=O)NCC34CC5CC(CC(C5)C3)C4)c2)CC1. The predicted octanol–water partition coefficient (Wildman–Crippen LogP) is 4.21. The maximum absolute atomic E-state index is 13.0. The Morgan fingerprint density at radius 1 is 1.11 bits per heavy atom. The zero-order valence-corrected chi connectivity index (χ0v) is 17.4. The first-order valence-corrected chi connectivity index (χ1v) is 11.5. The number of nitrogens with one attached hydrogen (secondary N) is 1. The van der Waals surface area contributed by atoms with Crippen LogP contribution in [0.2, 0.25) is 5.02 Å². The third kappa shape index (κ3) is 3.54. The molecule has 0 radical (unpaired) electrons. The van der Waals surface area contributed by atoms with Crippen LogP contribution in [0.25, 0.3) is 0 Å². The lowest BCUT2D eigenvalue weighted by molar-refractivity contribution is -0.0503. The number of anilines is 1. The molecule has 0 aromatic heterocycles. The normalized spacial score (nSPS) is 34.6. The van der Waals surface area contributed by atoms with Gasteiger partial charge in [-0.05, 0) is 92.7 Å². The molecule has 1 aromatic rings. The van der Waals surface area contributed by atoms with Crippen molar-refractivity contribution in [3.8, 4) is 0 Å². The number of hydrogen-bond donors (Lipinski definition) is 2. The lowest BCUT2D eigenvalue weighted by Gasteiger charge is -2.56. The molecule has 5 heteroatoms. The summed E-state index contributed by atoms with van der Waals surface area (Å²) < 4.78 is 0. The van der Waals surface area contributed by atoms with Gasteiger partial charge in [-0.3, -0.25) is 4.79 Å². The molecule has 0 unspecified atom stereocenters. The first kappa shape index (κ1) is 18.7. The lowest BCUT2D eigenvalue weighted by Crippen LogP contribution is -2.51. The Hall–Kier alpha value is -1.26. The van der Waals surface area contributed by atoms with E-state index >= 15 is 0 Å². The van der Waals surface area contributed by atoms with Crippen LogP contribution in [0.1, 0.15) is 61.7 Å². The van der Waals surface area contributed by atoms with Crippen LogP contribution in [-0.2, 0) is 0 Å². The molecule has 1 aromatic carbocycles. The van der Waals surface area contributed by atoms with E-state index in [2.05, 4.69) is 10.2 Å². The summed E-state index contributed by atoms with van der Waals surface area (Å²) in [5.74, 6) is 2.69. The minimum atomic E-state index is -0.0173. The van der Waals surface area contributed by atoms with Gasteiger partial charge in [0.1, 0.15) is 0 Å². The predicted molar refractivity (Wildman–Crippen MR) is 114 cm³/mol. The highest BCUT2D eigenvalue weighted by Gasteiger charge is 2.50. The van der Waals surface area contributed by atoms with Gasteiger partial charge in [-0.25, -0.2) is 0 Å². The standard InChI is InChI=1S/C23H32ClN3O/c24-21-2-1-19(27-5-3-18(25)4-6-27)10-20(21)22(28)26-14-23-11-15-7-16(12-23)9-17(8-15)13-23/h1-2,10,15-18H,3-9,11-14,25H2,(H,26,28). The molecule has 4 saturated carbocycles. The van der Waals surface area contributed by atoms with Gasteiger partial charge in [0.25, 0.3) is 5.91 Å². The largest absolute Gasteiger partial charge is 0.371 e. The van der Waals surface area contributed by atoms with Crippen molar-refractivity contribution in [3.63, 3.8) is 0 Å². The number of benzene rings is 1. The van der Waals surface area contributed by atoms with Crippen LogP contribution in [0.15, 0.2) is 18.2 Å². The Balaban J connectivity index is 1.27. The Morgan fingerprint density at radius 2 is 1.71 bits per heavy atom. The van der Waals surface area contributed by atoms with E-state index in [4.69, 9.17) is 17.3 Å². The number of nitrogens with two attached hydrogens (primary N) is 1. The fourth-order valence-electron chi connectivity index (χ4n) is 6.91. The van der Waals surface area contributed by atoms with Crippen molar-refractivity contribution in [1.82, 2.24) is 5.32 Å². The summed E-state index contributed by atoms with van der Waals surface area (Å²) in [5, 5.41) is 3.81. The zero-order valence-electron chi connectivity index (χ0n) is 16.6. The van der Waals surface area contributed by atoms with Crippen molar-refractivity contribution >= 4 is 23.2 Å². The molecule has 4 bridgehead atoms. The Bertz CT molecular complexity index is 721. The molecule has 0 spiro atoms. The van der Waals surface area contributed by atoms with Gasteiger partial charge in [-0.2, -0.15) is 0 Å². The molecule has 4 nitrogen and oxygen atoms in total. The third-order valence-electron chi connectivity index (χ3n) is 7.89. The highest BCUT2D eigenvalue weighted by Crippen LogP contribution is 2.59. The van der Waals surface area contributed by atoms with Crippen LogP contribution in [-0.4, -0.2) is 31.6 Å². The molecule has 5 aliphatic rings. The van der Waals surface area contributed by atoms with E-state index in [9.17, 15) is 4.79 Å². The number of piperidine rings is 1. The molecule has 6 rings (SSSR count). The smallest absolute Gasteiger partial charge is 0.252 e. The molecule has 1 aliphatic heterocycles. The second-order valence-electron chi connectivity index (χ2n) is 10.1. The van der Waals surface area contributed by atoms with E-state index in [1.54, 1.807) is 0 Å². The van der Waals surface area contributed by atoms with Gasteiger partial charge < -0.3 is 16.0 Å². The van der Waals surface area contributed by atoms with Crippen LogP contribution in [0.3, 0.4) is 0 Å². The number of halogens is 1. The number of nitrogens with zero attached hydrogens (tertiary/aromatic N) is 1. The topological polar surface area (TPSA) is 58.4 Å². The minimum Gasteiger partial charge on any atom is -0.371 e. The van der Waals surface area contributed by atoms with Gasteiger partial charge in [0.2, 0.25) is 0 Å². The first-order valence-electron chi connectivity index (χ1n) is 11.1. The van der Waals surface area contributed by atoms with Crippen LogP contribution in [0, 0.1) is 23.2 Å². The van der Waals surface area contributed by atoms with Crippen molar-refractivity contribution in [2.75, 3.05) is 24.5 Å². The molecule has 5 fully saturated rings. The summed E-state index contributed by atoms with van der Waals surface area (Å²) in [4.78, 5) is 15.3. The molecule has 0 atom stereocenters. The number of rotatable bonds is 4. The monoisotopic (exact) mass is 401 g/mol. The minimum absolute atomic E-state index is 0.0173. The Labute approximate surface area is 173 Å². The summed E-state index contributed by atoms with van der Waals surface area (Å²) in [7, 11) is 0. The van der Waals surface area contributed by atoms with Gasteiger partial charge in [-0.1, -0.05) is 11.6 Å². The van der Waals surface area contributed by atoms with Crippen molar-refractivity contribution in [2.45, 2.75) is 57.4 Å². The third-order valence-corrected chi connectivity index (χ3v) is 8.22. The number of carbonyl (C=O) groups excluding carboxylic acids is 1. The fraction of sp³-hybridized carbons (Fsp3) is 0.696. The molecule has 4 aliphatic carbocycles. The average Bonchev–Trinajstić information content (AvgIpc) is 2.66. The number of hydrogen-bond acceptors (Lipinski definition) is 3. The zero-order chi connectivity index (χ0) is 19.3. The summed E-state index contributed by atoms with van der Waals surface area (Å²) in [6, 6.07) is 6.15. The molecule has 1 heterocycles. The average molecular weight is 402 g/mol. The van der Waals surface area contributed by atoms with E-state index in [0.717, 1.165) is 55.9 Å². The molecular formula is C23H32ClN3O. The van der Waals surface area contributed by atoms with E-state index < -0.39 is 0 Å². The van der Waals surface area contributed by atoms with Crippen molar-refractivity contribution in [2.24, 2.45) is 28.9 Å². The highest BCUT2D eigenvalue weighted by atomic mass is 35.5. The quantitative estimate of drug-likeness (QED) is 0.794. The van der Waals surface area contributed by atoms with Gasteiger partial charge >= 0.3 is 0 Å². The van der Waals surface area contributed by atoms with E-state index in [-0.39, 0.29) is 5.91 Å². The molecule has 1 amide bonds. The summed E-state index contributed by atoms with van der Waals surface area (Å²) in [6.07, 6.45) is 10.2. The van der Waals surface area contributed by atoms with Gasteiger partial charge in [0, 0.05) is 31.4 Å². The van der Waals surface area contributed by atoms with E-state index in [1.807, 2.05) is 18.2 Å². The van der Waals surface area contributed by atoms with Crippen molar-refractivity contribution in [1.29, 1.82) is 0 Å².